The SMILES string of the molecule is CCc1ccccc1N(CC(=O)N(Cc1ccccc1F)C(Cc1ccccc1)C(=O)NC(C)(C)C)S(=O)(=O)c1ccccc1. The average molecular weight is 630 g/mol. The summed E-state index contributed by atoms with van der Waals surface area (Å²) in [6.45, 7) is 6.58. The van der Waals surface area contributed by atoms with Crippen molar-refractivity contribution in [2.24, 2.45) is 0 Å². The second-order valence-electron chi connectivity index (χ2n) is 11.9. The number of para-hydroxylation sites is 1. The molecular formula is C36H40FN3O4S. The van der Waals surface area contributed by atoms with Crippen LogP contribution in [-0.4, -0.2) is 43.3 Å². The highest BCUT2D eigenvalue weighted by Crippen LogP contribution is 2.28. The number of carbonyl (C=O) groups is 2. The molecule has 0 aromatic heterocycles. The lowest BCUT2D eigenvalue weighted by atomic mass is 10.0. The topological polar surface area (TPSA) is 86.8 Å². The number of sulfonamides is 1. The Morgan fingerprint density at radius 3 is 1.96 bits per heavy atom. The van der Waals surface area contributed by atoms with E-state index in [1.165, 1.54) is 23.1 Å². The third kappa shape index (κ3) is 8.57. The molecule has 0 bridgehead atoms. The van der Waals surface area contributed by atoms with Gasteiger partial charge in [-0.05, 0) is 62.6 Å². The summed E-state index contributed by atoms with van der Waals surface area (Å²) < 4.78 is 44.5. The van der Waals surface area contributed by atoms with E-state index in [1.54, 1.807) is 48.5 Å². The zero-order chi connectivity index (χ0) is 32.6. The first kappa shape index (κ1) is 33.4. The van der Waals surface area contributed by atoms with Gasteiger partial charge in [-0.15, -0.1) is 0 Å². The lowest BCUT2D eigenvalue weighted by Gasteiger charge is -2.35. The van der Waals surface area contributed by atoms with E-state index in [4.69, 9.17) is 0 Å². The van der Waals surface area contributed by atoms with E-state index >= 15 is 4.39 Å². The Bertz CT molecular complexity index is 1710. The Hall–Kier alpha value is -4.50. The normalized spacial score (nSPS) is 12.3. The van der Waals surface area contributed by atoms with Crippen molar-refractivity contribution in [1.29, 1.82) is 0 Å². The molecule has 1 atom stereocenters. The molecule has 0 fully saturated rings. The molecule has 0 aliphatic rings. The number of carbonyl (C=O) groups excluding carboxylic acids is 2. The molecular weight excluding hydrogens is 589 g/mol. The first-order valence-corrected chi connectivity index (χ1v) is 16.4. The second kappa shape index (κ2) is 14.5. The molecule has 4 aromatic carbocycles. The van der Waals surface area contributed by atoms with Gasteiger partial charge in [0.25, 0.3) is 10.0 Å². The molecule has 0 saturated heterocycles. The molecule has 236 valence electrons. The van der Waals surface area contributed by atoms with Gasteiger partial charge in [-0.1, -0.05) is 91.9 Å². The first-order chi connectivity index (χ1) is 21.4. The van der Waals surface area contributed by atoms with Crippen LogP contribution in [0, 0.1) is 5.82 Å². The number of nitrogens with zero attached hydrogens (tertiary/aromatic N) is 2. The van der Waals surface area contributed by atoms with Crippen LogP contribution >= 0.6 is 0 Å². The molecule has 4 aromatic rings. The predicted molar refractivity (Wildman–Crippen MR) is 176 cm³/mol. The summed E-state index contributed by atoms with van der Waals surface area (Å²) in [5, 5.41) is 2.98. The Balaban J connectivity index is 1.85. The number of hydrogen-bond donors (Lipinski definition) is 1. The van der Waals surface area contributed by atoms with Gasteiger partial charge in [-0.3, -0.25) is 13.9 Å². The largest absolute Gasteiger partial charge is 0.350 e. The van der Waals surface area contributed by atoms with E-state index < -0.39 is 45.8 Å². The predicted octanol–water partition coefficient (Wildman–Crippen LogP) is 6.14. The van der Waals surface area contributed by atoms with Crippen LogP contribution < -0.4 is 9.62 Å². The van der Waals surface area contributed by atoms with Gasteiger partial charge >= 0.3 is 0 Å². The molecule has 4 rings (SSSR count). The molecule has 7 nitrogen and oxygen atoms in total. The van der Waals surface area contributed by atoms with Crippen molar-refractivity contribution in [1.82, 2.24) is 10.2 Å². The third-order valence-corrected chi connectivity index (χ3v) is 9.09. The van der Waals surface area contributed by atoms with Gasteiger partial charge in [-0.2, -0.15) is 0 Å². The van der Waals surface area contributed by atoms with Crippen LogP contribution in [0.5, 0.6) is 0 Å². The van der Waals surface area contributed by atoms with Crippen molar-refractivity contribution in [2.75, 3.05) is 10.8 Å². The molecule has 0 aliphatic carbocycles. The van der Waals surface area contributed by atoms with Crippen molar-refractivity contribution in [3.8, 4) is 0 Å². The monoisotopic (exact) mass is 629 g/mol. The van der Waals surface area contributed by atoms with Crippen LogP contribution in [0.4, 0.5) is 10.1 Å². The Morgan fingerprint density at radius 1 is 0.800 bits per heavy atom. The van der Waals surface area contributed by atoms with Crippen LogP contribution in [0.25, 0.3) is 0 Å². The van der Waals surface area contributed by atoms with Gasteiger partial charge in [0.2, 0.25) is 11.8 Å². The van der Waals surface area contributed by atoms with E-state index in [9.17, 15) is 18.0 Å². The summed E-state index contributed by atoms with van der Waals surface area (Å²) in [6.07, 6.45) is 0.661. The zero-order valence-electron chi connectivity index (χ0n) is 26.1. The lowest BCUT2D eigenvalue weighted by Crippen LogP contribution is -2.56. The molecule has 9 heteroatoms. The summed E-state index contributed by atoms with van der Waals surface area (Å²) >= 11 is 0. The summed E-state index contributed by atoms with van der Waals surface area (Å²) in [7, 11) is -4.22. The molecule has 0 spiro atoms. The number of aryl methyl sites for hydroxylation is 1. The average Bonchev–Trinajstić information content (AvgIpc) is 3.02. The number of amides is 2. The molecule has 2 amide bonds. The minimum absolute atomic E-state index is 0.0238. The molecule has 1 N–H and O–H groups in total. The van der Waals surface area contributed by atoms with Crippen molar-refractivity contribution in [3.05, 3.63) is 132 Å². The van der Waals surface area contributed by atoms with Crippen molar-refractivity contribution in [3.63, 3.8) is 0 Å². The second-order valence-corrected chi connectivity index (χ2v) is 13.7. The molecule has 0 aliphatic heterocycles. The summed E-state index contributed by atoms with van der Waals surface area (Å²) in [6, 6.07) is 29.2. The highest BCUT2D eigenvalue weighted by molar-refractivity contribution is 7.92. The lowest BCUT2D eigenvalue weighted by molar-refractivity contribution is -0.140. The van der Waals surface area contributed by atoms with Gasteiger partial charge in [-0.25, -0.2) is 12.8 Å². The van der Waals surface area contributed by atoms with Crippen LogP contribution in [0.3, 0.4) is 0 Å². The van der Waals surface area contributed by atoms with Gasteiger partial charge in [0.05, 0.1) is 10.6 Å². The maximum Gasteiger partial charge on any atom is 0.264 e. The number of rotatable bonds is 12. The number of anilines is 1. The number of hydrogen-bond acceptors (Lipinski definition) is 4. The van der Waals surface area contributed by atoms with Crippen LogP contribution in [0.15, 0.2) is 114 Å². The molecule has 0 saturated carbocycles. The van der Waals surface area contributed by atoms with E-state index in [2.05, 4.69) is 5.32 Å². The third-order valence-electron chi connectivity index (χ3n) is 7.32. The summed E-state index contributed by atoms with van der Waals surface area (Å²) in [5.74, 6) is -1.61. The number of nitrogens with one attached hydrogen (secondary N) is 1. The maximum absolute atomic E-state index is 15.1. The van der Waals surface area contributed by atoms with Gasteiger partial charge < -0.3 is 10.2 Å². The van der Waals surface area contributed by atoms with Crippen molar-refractivity contribution >= 4 is 27.5 Å². The van der Waals surface area contributed by atoms with E-state index in [-0.39, 0.29) is 23.4 Å². The zero-order valence-corrected chi connectivity index (χ0v) is 26.9. The smallest absolute Gasteiger partial charge is 0.264 e. The Kier molecular flexibility index (Phi) is 10.8. The number of halogens is 1. The quantitative estimate of drug-likeness (QED) is 0.204. The van der Waals surface area contributed by atoms with E-state index in [0.29, 0.717) is 12.1 Å². The van der Waals surface area contributed by atoms with Gasteiger partial charge in [0, 0.05) is 24.1 Å². The summed E-state index contributed by atoms with van der Waals surface area (Å²) in [4.78, 5) is 29.8. The minimum atomic E-state index is -4.22. The minimum Gasteiger partial charge on any atom is -0.350 e. The van der Waals surface area contributed by atoms with Crippen molar-refractivity contribution in [2.45, 2.75) is 63.6 Å². The molecule has 0 radical (unpaired) electrons. The standard InChI is InChI=1S/C36H40FN3O4S/c1-5-28-18-13-15-23-32(28)40(45(43,44)30-20-10-7-11-21-30)26-34(41)39(25-29-19-12-14-22-31(29)37)33(35(42)38-36(2,3)4)24-27-16-8-6-9-17-27/h6-23,33H,5,24-26H2,1-4H3,(H,38,42). The highest BCUT2D eigenvalue weighted by atomic mass is 32.2. The van der Waals surface area contributed by atoms with Gasteiger partial charge in [0.1, 0.15) is 18.4 Å². The number of benzene rings is 4. The maximum atomic E-state index is 15.1. The van der Waals surface area contributed by atoms with Crippen molar-refractivity contribution < 1.29 is 22.4 Å². The fourth-order valence-corrected chi connectivity index (χ4v) is 6.58. The Morgan fingerprint density at radius 2 is 1.36 bits per heavy atom. The fraction of sp³-hybridized carbons (Fsp3) is 0.278. The van der Waals surface area contributed by atoms with E-state index in [0.717, 1.165) is 15.4 Å². The summed E-state index contributed by atoms with van der Waals surface area (Å²) in [5.41, 5.74) is 1.47. The van der Waals surface area contributed by atoms with Crippen LogP contribution in [0.1, 0.15) is 44.4 Å². The van der Waals surface area contributed by atoms with Crippen LogP contribution in [-0.2, 0) is 39.0 Å². The van der Waals surface area contributed by atoms with E-state index in [1.807, 2.05) is 70.2 Å². The fourth-order valence-electron chi connectivity index (χ4n) is 5.10. The van der Waals surface area contributed by atoms with Crippen LogP contribution in [0.2, 0.25) is 0 Å². The van der Waals surface area contributed by atoms with Gasteiger partial charge in [0.15, 0.2) is 0 Å². The highest BCUT2D eigenvalue weighted by Gasteiger charge is 2.36. The molecule has 0 heterocycles. The molecule has 1 unspecified atom stereocenters. The molecule has 45 heavy (non-hydrogen) atoms. The first-order valence-electron chi connectivity index (χ1n) is 14.9. The Labute approximate surface area is 265 Å².